The molecule has 0 saturated heterocycles. The average Bonchev–Trinajstić information content (AvgIpc) is 2.66. The molecule has 0 amide bonds. The topological polar surface area (TPSA) is 97.4 Å². The first-order chi connectivity index (χ1) is 13.2. The van der Waals surface area contributed by atoms with Crippen molar-refractivity contribution in [3.8, 4) is 18.2 Å². The van der Waals surface area contributed by atoms with Crippen LogP contribution in [0, 0.1) is 56.7 Å². The first-order valence-corrected chi connectivity index (χ1v) is 9.76. The van der Waals surface area contributed by atoms with Crippen molar-refractivity contribution in [3.63, 3.8) is 0 Å². The largest absolute Gasteiger partial charge is 0.399 e. The lowest BCUT2D eigenvalue weighted by molar-refractivity contribution is 0.170. The van der Waals surface area contributed by atoms with E-state index in [1.54, 1.807) is 12.1 Å². The molecule has 3 rings (SSSR count). The van der Waals surface area contributed by atoms with E-state index >= 15 is 0 Å². The normalized spacial score (nSPS) is 26.3. The Morgan fingerprint density at radius 2 is 1.86 bits per heavy atom. The summed E-state index contributed by atoms with van der Waals surface area (Å²) in [7, 11) is 0. The summed E-state index contributed by atoms with van der Waals surface area (Å²) >= 11 is 6.24. The fourth-order valence-electron chi connectivity index (χ4n) is 4.67. The Labute approximate surface area is 171 Å². The summed E-state index contributed by atoms with van der Waals surface area (Å²) < 4.78 is 0. The van der Waals surface area contributed by atoms with Gasteiger partial charge >= 0.3 is 0 Å². The highest BCUT2D eigenvalue weighted by atomic mass is 35.5. The Hall–Kier alpha value is -2.74. The van der Waals surface area contributed by atoms with Crippen LogP contribution in [0.15, 0.2) is 47.2 Å². The van der Waals surface area contributed by atoms with Crippen molar-refractivity contribution in [2.75, 3.05) is 0 Å². The van der Waals surface area contributed by atoms with Crippen LogP contribution in [0.3, 0.4) is 0 Å². The van der Waals surface area contributed by atoms with Crippen molar-refractivity contribution in [1.82, 2.24) is 0 Å². The van der Waals surface area contributed by atoms with Crippen LogP contribution >= 0.6 is 11.6 Å². The van der Waals surface area contributed by atoms with Crippen molar-refractivity contribution in [2.45, 2.75) is 39.5 Å². The van der Waals surface area contributed by atoms with Crippen molar-refractivity contribution in [2.24, 2.45) is 28.4 Å². The van der Waals surface area contributed by atoms with Gasteiger partial charge in [0, 0.05) is 10.9 Å². The molecular weight excluding hydrogens is 368 g/mol. The molecule has 3 atom stereocenters. The molecule has 2 aliphatic rings. The molecule has 2 aliphatic carbocycles. The lowest BCUT2D eigenvalue weighted by Gasteiger charge is -2.47. The lowest BCUT2D eigenvalue weighted by Crippen LogP contribution is -2.44. The first-order valence-electron chi connectivity index (χ1n) is 9.38. The Kier molecular flexibility index (Phi) is 5.01. The Morgan fingerprint density at radius 1 is 1.18 bits per heavy atom. The van der Waals surface area contributed by atoms with Crippen LogP contribution in [-0.4, -0.2) is 0 Å². The summed E-state index contributed by atoms with van der Waals surface area (Å²) in [5.41, 5.74) is 6.81. The van der Waals surface area contributed by atoms with E-state index < -0.39 is 11.3 Å². The second-order valence-corrected chi connectivity index (χ2v) is 9.20. The molecule has 1 unspecified atom stereocenters. The smallest absolute Gasteiger partial charge is 0.191 e. The van der Waals surface area contributed by atoms with E-state index in [0.717, 1.165) is 24.0 Å². The molecule has 0 aliphatic heterocycles. The Bertz CT molecular complexity index is 977. The third-order valence-electron chi connectivity index (χ3n) is 6.31. The third kappa shape index (κ3) is 2.97. The highest BCUT2D eigenvalue weighted by molar-refractivity contribution is 6.30. The number of halogens is 1. The van der Waals surface area contributed by atoms with E-state index in [2.05, 4.69) is 45.1 Å². The summed E-state index contributed by atoms with van der Waals surface area (Å²) in [6, 6.07) is 13.8. The van der Waals surface area contributed by atoms with Gasteiger partial charge in [0.25, 0.3) is 0 Å². The summed E-state index contributed by atoms with van der Waals surface area (Å²) in [6.45, 7) is 6.60. The van der Waals surface area contributed by atoms with Gasteiger partial charge in [-0.05, 0) is 53.4 Å². The minimum atomic E-state index is -1.60. The molecule has 4 nitrogen and oxygen atoms in total. The van der Waals surface area contributed by atoms with Gasteiger partial charge in [0.15, 0.2) is 5.41 Å². The van der Waals surface area contributed by atoms with Crippen LogP contribution in [-0.2, 0) is 0 Å². The Morgan fingerprint density at radius 3 is 2.39 bits per heavy atom. The van der Waals surface area contributed by atoms with E-state index in [1.165, 1.54) is 0 Å². The molecule has 1 aromatic carbocycles. The summed E-state index contributed by atoms with van der Waals surface area (Å²) in [5, 5.41) is 30.5. The van der Waals surface area contributed by atoms with Crippen molar-refractivity contribution in [1.29, 1.82) is 15.8 Å². The van der Waals surface area contributed by atoms with Crippen LogP contribution in [0.25, 0.3) is 0 Å². The summed E-state index contributed by atoms with van der Waals surface area (Å²) in [4.78, 5) is 0. The number of nitriles is 3. The molecule has 5 heteroatoms. The predicted octanol–water partition coefficient (Wildman–Crippen LogP) is 5.21. The molecule has 0 fully saturated rings. The summed E-state index contributed by atoms with van der Waals surface area (Å²) in [5.74, 6) is -0.246. The lowest BCUT2D eigenvalue weighted by atomic mass is 9.54. The fraction of sp³-hybridized carbons (Fsp3) is 0.435. The average molecular weight is 391 g/mol. The van der Waals surface area contributed by atoms with Crippen LogP contribution in [0.4, 0.5) is 0 Å². The highest BCUT2D eigenvalue weighted by Gasteiger charge is 2.55. The van der Waals surface area contributed by atoms with Crippen molar-refractivity contribution < 1.29 is 0 Å². The Balaban J connectivity index is 2.31. The van der Waals surface area contributed by atoms with E-state index in [9.17, 15) is 15.8 Å². The maximum absolute atomic E-state index is 10.1. The standard InChI is InChI=1S/C23H23ClN4/c1-22(2,3)15-7-8-17-18(10-15)20(14-5-4-6-16(24)9-14)23(12-26,13-27)21(28)19(17)11-25/h4-6,8-9,15,18,20H,7,10,28H2,1-3H3/t15?,18-,20+/m0/s1. The molecule has 0 radical (unpaired) electrons. The molecule has 2 N–H and O–H groups in total. The summed E-state index contributed by atoms with van der Waals surface area (Å²) in [6.07, 6.45) is 3.73. The molecule has 0 heterocycles. The highest BCUT2D eigenvalue weighted by Crippen LogP contribution is 2.58. The zero-order chi connectivity index (χ0) is 20.7. The van der Waals surface area contributed by atoms with Gasteiger partial charge in [0.2, 0.25) is 0 Å². The van der Waals surface area contributed by atoms with Crippen LogP contribution in [0.2, 0.25) is 5.02 Å². The van der Waals surface area contributed by atoms with Gasteiger partial charge in [-0.3, -0.25) is 0 Å². The van der Waals surface area contributed by atoms with E-state index in [0.29, 0.717) is 16.5 Å². The molecular formula is C23H23ClN4. The number of nitrogens with zero attached hydrogens (tertiary/aromatic N) is 3. The van der Waals surface area contributed by atoms with Gasteiger partial charge in [0.1, 0.15) is 6.07 Å². The van der Waals surface area contributed by atoms with Gasteiger partial charge in [-0.15, -0.1) is 0 Å². The maximum Gasteiger partial charge on any atom is 0.191 e. The fourth-order valence-corrected chi connectivity index (χ4v) is 4.87. The first kappa shape index (κ1) is 20.0. The quantitative estimate of drug-likeness (QED) is 0.711. The van der Waals surface area contributed by atoms with Gasteiger partial charge in [-0.25, -0.2) is 0 Å². The van der Waals surface area contributed by atoms with Gasteiger partial charge < -0.3 is 5.73 Å². The number of hydrogen-bond donors (Lipinski definition) is 1. The zero-order valence-electron chi connectivity index (χ0n) is 16.3. The minimum absolute atomic E-state index is 0.0571. The molecule has 1 aromatic rings. The van der Waals surface area contributed by atoms with E-state index in [4.69, 9.17) is 17.3 Å². The molecule has 0 spiro atoms. The molecule has 142 valence electrons. The monoisotopic (exact) mass is 390 g/mol. The number of hydrogen-bond acceptors (Lipinski definition) is 4. The number of allylic oxidation sites excluding steroid dienone is 4. The predicted molar refractivity (Wildman–Crippen MR) is 108 cm³/mol. The van der Waals surface area contributed by atoms with Gasteiger partial charge in [0.05, 0.1) is 23.4 Å². The van der Waals surface area contributed by atoms with E-state index in [-0.39, 0.29) is 17.0 Å². The molecule has 0 aromatic heterocycles. The van der Waals surface area contributed by atoms with Crippen molar-refractivity contribution in [3.05, 3.63) is 57.8 Å². The van der Waals surface area contributed by atoms with E-state index in [1.807, 2.05) is 12.1 Å². The van der Waals surface area contributed by atoms with Gasteiger partial charge in [-0.2, -0.15) is 15.8 Å². The van der Waals surface area contributed by atoms with Crippen LogP contribution in [0.5, 0.6) is 0 Å². The molecule has 28 heavy (non-hydrogen) atoms. The van der Waals surface area contributed by atoms with Gasteiger partial charge in [-0.1, -0.05) is 50.6 Å². The number of benzene rings is 1. The zero-order valence-corrected chi connectivity index (χ0v) is 17.1. The number of fused-ring (bicyclic) bond motifs is 1. The SMILES string of the molecule is CC(C)(C)C1CC=C2C(C#N)=C(N)C(C#N)(C#N)[C@H](c3cccc(Cl)c3)[C@H]2C1. The maximum atomic E-state index is 10.1. The minimum Gasteiger partial charge on any atom is -0.399 e. The van der Waals surface area contributed by atoms with Crippen LogP contribution in [0.1, 0.15) is 45.1 Å². The number of nitrogens with two attached hydrogens (primary N) is 1. The third-order valence-corrected chi connectivity index (χ3v) is 6.54. The second kappa shape index (κ2) is 7.01. The molecule has 0 bridgehead atoms. The second-order valence-electron chi connectivity index (χ2n) is 8.77. The van der Waals surface area contributed by atoms with Crippen LogP contribution < -0.4 is 5.73 Å². The van der Waals surface area contributed by atoms with Crippen molar-refractivity contribution >= 4 is 11.6 Å². The molecule has 0 saturated carbocycles. The number of rotatable bonds is 1.